The second-order valence-corrected chi connectivity index (χ2v) is 4.05. The zero-order chi connectivity index (χ0) is 14.7. The van der Waals surface area contributed by atoms with Gasteiger partial charge in [-0.25, -0.2) is 15.2 Å². The molecule has 1 aromatic heterocycles. The second-order valence-electron chi connectivity index (χ2n) is 3.61. The molecule has 2 rings (SSSR count). The fraction of sp³-hybridized carbons (Fsp3) is 0. The van der Waals surface area contributed by atoms with Crippen molar-refractivity contribution in [3.05, 3.63) is 45.4 Å². The van der Waals surface area contributed by atoms with E-state index in [9.17, 15) is 14.5 Å². The van der Waals surface area contributed by atoms with Crippen molar-refractivity contribution in [1.29, 1.82) is 0 Å². The van der Waals surface area contributed by atoms with E-state index in [0.717, 1.165) is 18.3 Å². The lowest BCUT2D eigenvalue weighted by atomic mass is 10.3. The summed E-state index contributed by atoms with van der Waals surface area (Å²) in [6, 6.07) is 3.62. The van der Waals surface area contributed by atoms with Crippen LogP contribution in [-0.4, -0.2) is 14.9 Å². The zero-order valence-electron chi connectivity index (χ0n) is 9.80. The molecule has 1 aromatic carbocycles. The molecular formula is C10H8ClFN6O2. The third kappa shape index (κ3) is 3.08. The molecule has 0 aliphatic heterocycles. The Morgan fingerprint density at radius 1 is 1.40 bits per heavy atom. The molecule has 0 spiro atoms. The molecule has 0 amide bonds. The van der Waals surface area contributed by atoms with Crippen LogP contribution in [0.3, 0.4) is 0 Å². The van der Waals surface area contributed by atoms with Crippen LogP contribution in [0.25, 0.3) is 0 Å². The topological polar surface area (TPSA) is 119 Å². The number of hydrogen-bond acceptors (Lipinski definition) is 7. The molecule has 0 unspecified atom stereocenters. The second kappa shape index (κ2) is 5.63. The molecule has 8 nitrogen and oxygen atoms in total. The zero-order valence-corrected chi connectivity index (χ0v) is 10.6. The number of aromatic nitrogens is 2. The maximum Gasteiger partial charge on any atom is 0.329 e. The molecule has 4 N–H and O–H groups in total. The Balaban J connectivity index is 2.42. The molecule has 0 aliphatic rings. The van der Waals surface area contributed by atoms with Crippen molar-refractivity contribution in [3.8, 4) is 0 Å². The van der Waals surface area contributed by atoms with Crippen LogP contribution in [0.15, 0.2) is 24.4 Å². The minimum absolute atomic E-state index is 0.0272. The van der Waals surface area contributed by atoms with Gasteiger partial charge in [0.05, 0.1) is 4.92 Å². The molecule has 0 saturated heterocycles. The molecule has 10 heteroatoms. The molecular weight excluding hydrogens is 291 g/mol. The number of nitrogens with zero attached hydrogens (tertiary/aromatic N) is 3. The van der Waals surface area contributed by atoms with Crippen LogP contribution in [-0.2, 0) is 0 Å². The maximum absolute atomic E-state index is 13.2. The van der Waals surface area contributed by atoms with Crippen molar-refractivity contribution >= 4 is 34.7 Å². The number of anilines is 3. The van der Waals surface area contributed by atoms with Crippen molar-refractivity contribution in [2.75, 3.05) is 10.7 Å². The largest absolute Gasteiger partial charge is 0.334 e. The highest BCUT2D eigenvalue weighted by molar-refractivity contribution is 6.30. The summed E-state index contributed by atoms with van der Waals surface area (Å²) in [5.74, 6) is 4.38. The highest BCUT2D eigenvalue weighted by Gasteiger charge is 2.17. The molecule has 0 atom stereocenters. The average molecular weight is 299 g/mol. The van der Waals surface area contributed by atoms with Crippen LogP contribution >= 0.6 is 11.6 Å². The van der Waals surface area contributed by atoms with Gasteiger partial charge in [0.2, 0.25) is 11.8 Å². The van der Waals surface area contributed by atoms with E-state index in [4.69, 9.17) is 17.4 Å². The Kier molecular flexibility index (Phi) is 3.91. The predicted octanol–water partition coefficient (Wildman–Crippen LogP) is 2.21. The standard InChI is InChI=1S/C10H8ClFN6O2/c11-5-1-6(12)3-7(2-5)15-9-8(18(19)20)4-14-10(16-9)17-13/h1-4H,13H2,(H2,14,15,16,17). The molecule has 20 heavy (non-hydrogen) atoms. The van der Waals surface area contributed by atoms with E-state index in [2.05, 4.69) is 20.7 Å². The fourth-order valence-corrected chi connectivity index (χ4v) is 1.66. The fourth-order valence-electron chi connectivity index (χ4n) is 1.43. The summed E-state index contributed by atoms with van der Waals surface area (Å²) in [7, 11) is 0. The number of nitrogens with two attached hydrogens (primary N) is 1. The normalized spacial score (nSPS) is 10.2. The third-order valence-corrected chi connectivity index (χ3v) is 2.44. The van der Waals surface area contributed by atoms with Gasteiger partial charge in [0.25, 0.3) is 0 Å². The number of hydrogen-bond donors (Lipinski definition) is 3. The Morgan fingerprint density at radius 2 is 2.15 bits per heavy atom. The van der Waals surface area contributed by atoms with E-state index in [1.807, 2.05) is 0 Å². The van der Waals surface area contributed by atoms with E-state index in [-0.39, 0.29) is 28.2 Å². The van der Waals surface area contributed by atoms with E-state index in [0.29, 0.717) is 0 Å². The summed E-state index contributed by atoms with van der Waals surface area (Å²) in [4.78, 5) is 17.6. The van der Waals surface area contributed by atoms with Crippen molar-refractivity contribution in [1.82, 2.24) is 9.97 Å². The summed E-state index contributed by atoms with van der Waals surface area (Å²) in [6.45, 7) is 0. The van der Waals surface area contributed by atoms with Crippen LogP contribution in [0.5, 0.6) is 0 Å². The van der Waals surface area contributed by atoms with Gasteiger partial charge in [0, 0.05) is 10.7 Å². The van der Waals surface area contributed by atoms with Gasteiger partial charge in [-0.1, -0.05) is 11.6 Å². The first-order valence-electron chi connectivity index (χ1n) is 5.21. The lowest BCUT2D eigenvalue weighted by molar-refractivity contribution is -0.384. The van der Waals surface area contributed by atoms with Gasteiger partial charge in [0.15, 0.2) is 0 Å². The van der Waals surface area contributed by atoms with E-state index >= 15 is 0 Å². The summed E-state index contributed by atoms with van der Waals surface area (Å²) >= 11 is 5.70. The highest BCUT2D eigenvalue weighted by Crippen LogP contribution is 2.27. The SMILES string of the molecule is NNc1ncc([N+](=O)[O-])c(Nc2cc(F)cc(Cl)c2)n1. The van der Waals surface area contributed by atoms with Crippen molar-refractivity contribution < 1.29 is 9.31 Å². The first-order chi connectivity index (χ1) is 9.49. The quantitative estimate of drug-likeness (QED) is 0.449. The Bertz CT molecular complexity index is 648. The summed E-state index contributed by atoms with van der Waals surface area (Å²) in [6.07, 6.45) is 0.978. The van der Waals surface area contributed by atoms with Crippen molar-refractivity contribution in [3.63, 3.8) is 0 Å². The number of hydrazine groups is 1. The third-order valence-electron chi connectivity index (χ3n) is 2.22. The molecule has 1 heterocycles. The first kappa shape index (κ1) is 13.9. The number of halogens is 2. The van der Waals surface area contributed by atoms with Crippen LogP contribution in [0.2, 0.25) is 5.02 Å². The number of benzene rings is 1. The van der Waals surface area contributed by atoms with Crippen LogP contribution in [0, 0.1) is 15.9 Å². The summed E-state index contributed by atoms with van der Waals surface area (Å²) in [5, 5.41) is 13.6. The van der Waals surface area contributed by atoms with E-state index in [1.165, 1.54) is 6.07 Å². The lowest BCUT2D eigenvalue weighted by Crippen LogP contribution is -2.12. The van der Waals surface area contributed by atoms with Gasteiger partial charge < -0.3 is 5.32 Å². The lowest BCUT2D eigenvalue weighted by Gasteiger charge is -2.08. The maximum atomic E-state index is 13.2. The molecule has 0 bridgehead atoms. The minimum atomic E-state index is -0.677. The van der Waals surface area contributed by atoms with Gasteiger partial charge in [-0.2, -0.15) is 4.98 Å². The van der Waals surface area contributed by atoms with Gasteiger partial charge in [-0.3, -0.25) is 15.5 Å². The number of nitro groups is 1. The molecule has 0 radical (unpaired) electrons. The van der Waals surface area contributed by atoms with Gasteiger partial charge in [-0.05, 0) is 18.2 Å². The minimum Gasteiger partial charge on any atom is -0.334 e. The van der Waals surface area contributed by atoms with Crippen molar-refractivity contribution in [2.45, 2.75) is 0 Å². The van der Waals surface area contributed by atoms with Crippen LogP contribution < -0.4 is 16.6 Å². The Labute approximate surface area is 116 Å². The first-order valence-corrected chi connectivity index (χ1v) is 5.58. The Morgan fingerprint density at radius 3 is 2.75 bits per heavy atom. The highest BCUT2D eigenvalue weighted by atomic mass is 35.5. The van der Waals surface area contributed by atoms with E-state index < -0.39 is 10.7 Å². The summed E-state index contributed by atoms with van der Waals surface area (Å²) < 4.78 is 13.2. The van der Waals surface area contributed by atoms with Crippen LogP contribution in [0.1, 0.15) is 0 Å². The molecule has 104 valence electrons. The van der Waals surface area contributed by atoms with Gasteiger partial charge >= 0.3 is 5.69 Å². The number of rotatable bonds is 4. The monoisotopic (exact) mass is 298 g/mol. The number of nitrogens with one attached hydrogen (secondary N) is 2. The van der Waals surface area contributed by atoms with E-state index in [1.54, 1.807) is 0 Å². The number of nitrogen functional groups attached to an aromatic ring is 1. The predicted molar refractivity (Wildman–Crippen MR) is 71.2 cm³/mol. The molecule has 0 saturated carbocycles. The van der Waals surface area contributed by atoms with Gasteiger partial charge in [0.1, 0.15) is 12.0 Å². The molecule has 0 fully saturated rings. The molecule has 0 aliphatic carbocycles. The molecule has 2 aromatic rings. The smallest absolute Gasteiger partial charge is 0.329 e. The Hall–Kier alpha value is -2.52. The van der Waals surface area contributed by atoms with Crippen molar-refractivity contribution in [2.24, 2.45) is 5.84 Å². The average Bonchev–Trinajstić information content (AvgIpc) is 2.37. The van der Waals surface area contributed by atoms with Crippen LogP contribution in [0.4, 0.5) is 27.5 Å². The summed E-state index contributed by atoms with van der Waals surface area (Å²) in [5.41, 5.74) is 1.98. The van der Waals surface area contributed by atoms with Gasteiger partial charge in [-0.15, -0.1) is 0 Å².